The molecule has 1 rings (SSSR count). The van der Waals surface area contributed by atoms with Crippen LogP contribution in [0, 0.1) is 5.92 Å². The molecule has 4 heteroatoms. The number of nitrogens with one attached hydrogen (secondary N) is 1. The van der Waals surface area contributed by atoms with Crippen molar-refractivity contribution < 1.29 is 5.11 Å². The van der Waals surface area contributed by atoms with Crippen LogP contribution in [-0.4, -0.2) is 16.3 Å². The second-order valence-electron chi connectivity index (χ2n) is 3.72. The fourth-order valence-corrected chi connectivity index (χ4v) is 1.67. The van der Waals surface area contributed by atoms with Gasteiger partial charge in [0.15, 0.2) is 5.13 Å². The maximum atomic E-state index is 9.60. The number of hydrogen-bond donors (Lipinski definition) is 2. The number of aromatic nitrogens is 1. The van der Waals surface area contributed by atoms with Crippen LogP contribution >= 0.6 is 11.3 Å². The van der Waals surface area contributed by atoms with E-state index in [4.69, 9.17) is 0 Å². The van der Waals surface area contributed by atoms with Crippen LogP contribution < -0.4 is 5.32 Å². The Morgan fingerprint density at radius 2 is 2.33 bits per heavy atom. The van der Waals surface area contributed by atoms with E-state index in [2.05, 4.69) is 23.3 Å². The van der Waals surface area contributed by atoms with Gasteiger partial charge in [0.1, 0.15) is 6.23 Å². The molecule has 0 radical (unpaired) electrons. The lowest BCUT2D eigenvalue weighted by Crippen LogP contribution is -2.24. The van der Waals surface area contributed by atoms with E-state index in [0.29, 0.717) is 0 Å². The third kappa shape index (κ3) is 4.01. The molecule has 1 aromatic heterocycles. The summed E-state index contributed by atoms with van der Waals surface area (Å²) in [5.74, 6) is 0.184. The van der Waals surface area contributed by atoms with Crippen LogP contribution in [0.4, 0.5) is 5.13 Å². The highest BCUT2D eigenvalue weighted by atomic mass is 32.1. The van der Waals surface area contributed by atoms with Crippen LogP contribution in [0.2, 0.25) is 0 Å². The van der Waals surface area contributed by atoms with Crippen LogP contribution in [0.1, 0.15) is 32.9 Å². The first kappa shape index (κ1) is 12.2. The minimum atomic E-state index is -0.529. The van der Waals surface area contributed by atoms with Gasteiger partial charge < -0.3 is 10.4 Å². The van der Waals surface area contributed by atoms with Crippen molar-refractivity contribution in [3.05, 3.63) is 17.2 Å². The summed E-state index contributed by atoms with van der Waals surface area (Å²) in [6, 6.07) is 0. The summed E-state index contributed by atoms with van der Waals surface area (Å²) >= 11 is 1.51. The first-order valence-corrected chi connectivity index (χ1v) is 6.08. The van der Waals surface area contributed by atoms with Crippen molar-refractivity contribution in [2.24, 2.45) is 5.92 Å². The molecule has 15 heavy (non-hydrogen) atoms. The van der Waals surface area contributed by atoms with Crippen LogP contribution in [0.15, 0.2) is 11.5 Å². The molecule has 1 heterocycles. The number of anilines is 1. The Bertz CT molecular complexity index is 320. The first-order chi connectivity index (χ1) is 7.13. The summed E-state index contributed by atoms with van der Waals surface area (Å²) in [6.45, 7) is 6.01. The number of nitrogens with zero attached hydrogens (tertiary/aromatic N) is 1. The predicted molar refractivity (Wildman–Crippen MR) is 65.9 cm³/mol. The minimum absolute atomic E-state index is 0.184. The fourth-order valence-electron chi connectivity index (χ4n) is 0.961. The average molecular weight is 226 g/mol. The lowest BCUT2D eigenvalue weighted by Gasteiger charge is -2.14. The van der Waals surface area contributed by atoms with Gasteiger partial charge in [0.05, 0.1) is 5.69 Å². The quantitative estimate of drug-likeness (QED) is 0.759. The largest absolute Gasteiger partial charge is 0.373 e. The molecule has 1 atom stereocenters. The molecule has 1 aromatic rings. The molecule has 0 bridgehead atoms. The highest BCUT2D eigenvalue weighted by molar-refractivity contribution is 7.13. The lowest BCUT2D eigenvalue weighted by molar-refractivity contribution is 0.153. The van der Waals surface area contributed by atoms with E-state index >= 15 is 0 Å². The summed E-state index contributed by atoms with van der Waals surface area (Å²) < 4.78 is 0. The van der Waals surface area contributed by atoms with Gasteiger partial charge in [-0.3, -0.25) is 0 Å². The summed E-state index contributed by atoms with van der Waals surface area (Å²) in [6.07, 6.45) is 4.54. The summed E-state index contributed by atoms with van der Waals surface area (Å²) in [4.78, 5) is 4.33. The molecule has 0 aromatic carbocycles. The molecule has 0 fully saturated rings. The van der Waals surface area contributed by atoms with E-state index in [-0.39, 0.29) is 5.92 Å². The van der Waals surface area contributed by atoms with Gasteiger partial charge in [-0.2, -0.15) is 0 Å². The number of thiazole rings is 1. The number of hydrogen-bond acceptors (Lipinski definition) is 4. The summed E-state index contributed by atoms with van der Waals surface area (Å²) in [5, 5.41) is 15.3. The maximum absolute atomic E-state index is 9.60. The Balaban J connectivity index is 2.56. The SMILES string of the molecule is CC/C=C/c1csc(NC(O)C(C)C)n1. The molecule has 84 valence electrons. The number of rotatable bonds is 5. The van der Waals surface area contributed by atoms with E-state index in [0.717, 1.165) is 17.2 Å². The number of allylic oxidation sites excluding steroid dienone is 1. The molecular formula is C11H18N2OS. The Labute approximate surface area is 94.9 Å². The van der Waals surface area contributed by atoms with Gasteiger partial charge in [0.25, 0.3) is 0 Å². The van der Waals surface area contributed by atoms with Gasteiger partial charge in [0.2, 0.25) is 0 Å². The lowest BCUT2D eigenvalue weighted by atomic mass is 10.2. The van der Waals surface area contributed by atoms with E-state index in [1.54, 1.807) is 0 Å². The Kier molecular flexibility index (Phi) is 4.78. The third-order valence-electron chi connectivity index (χ3n) is 1.95. The van der Waals surface area contributed by atoms with Crippen LogP contribution in [0.3, 0.4) is 0 Å². The topological polar surface area (TPSA) is 45.1 Å². The van der Waals surface area contributed by atoms with Crippen LogP contribution in [0.5, 0.6) is 0 Å². The van der Waals surface area contributed by atoms with Gasteiger partial charge in [-0.05, 0) is 18.4 Å². The highest BCUT2D eigenvalue weighted by Gasteiger charge is 2.10. The molecule has 0 amide bonds. The van der Waals surface area contributed by atoms with Gasteiger partial charge in [-0.15, -0.1) is 11.3 Å². The summed E-state index contributed by atoms with van der Waals surface area (Å²) in [7, 11) is 0. The summed E-state index contributed by atoms with van der Waals surface area (Å²) in [5.41, 5.74) is 0.945. The smallest absolute Gasteiger partial charge is 0.185 e. The third-order valence-corrected chi connectivity index (χ3v) is 2.74. The van der Waals surface area contributed by atoms with Crippen LogP contribution in [-0.2, 0) is 0 Å². The molecule has 0 aliphatic rings. The molecule has 0 aliphatic carbocycles. The number of aliphatic hydroxyl groups is 1. The normalized spacial score (nSPS) is 13.7. The standard InChI is InChI=1S/C11H18N2OS/c1-4-5-6-9-7-15-11(12-9)13-10(14)8(2)3/h5-8,10,14H,4H2,1-3H3,(H,12,13)/b6-5+. The highest BCUT2D eigenvalue weighted by Crippen LogP contribution is 2.18. The molecular weight excluding hydrogens is 208 g/mol. The zero-order valence-corrected chi connectivity index (χ0v) is 10.2. The van der Waals surface area contributed by atoms with E-state index in [1.807, 2.05) is 25.3 Å². The van der Waals surface area contributed by atoms with Gasteiger partial charge in [-0.25, -0.2) is 4.98 Å². The molecule has 0 saturated heterocycles. The first-order valence-electron chi connectivity index (χ1n) is 5.20. The number of aliphatic hydroxyl groups excluding tert-OH is 1. The zero-order chi connectivity index (χ0) is 11.3. The van der Waals surface area contributed by atoms with Crippen molar-refractivity contribution in [3.63, 3.8) is 0 Å². The molecule has 3 nitrogen and oxygen atoms in total. The van der Waals surface area contributed by atoms with Gasteiger partial charge >= 0.3 is 0 Å². The van der Waals surface area contributed by atoms with E-state index < -0.39 is 6.23 Å². The van der Waals surface area contributed by atoms with Crippen molar-refractivity contribution in [1.82, 2.24) is 4.98 Å². The van der Waals surface area contributed by atoms with Crippen molar-refractivity contribution >= 4 is 22.5 Å². The average Bonchev–Trinajstić information content (AvgIpc) is 2.62. The van der Waals surface area contributed by atoms with E-state index in [1.165, 1.54) is 11.3 Å². The van der Waals surface area contributed by atoms with Crippen LogP contribution in [0.25, 0.3) is 6.08 Å². The molecule has 0 aliphatic heterocycles. The van der Waals surface area contributed by atoms with Crippen molar-refractivity contribution in [1.29, 1.82) is 0 Å². The Morgan fingerprint density at radius 1 is 1.60 bits per heavy atom. The monoisotopic (exact) mass is 226 g/mol. The molecule has 2 N–H and O–H groups in total. The molecule has 0 saturated carbocycles. The molecule has 0 spiro atoms. The second-order valence-corrected chi connectivity index (χ2v) is 4.58. The minimum Gasteiger partial charge on any atom is -0.373 e. The zero-order valence-electron chi connectivity index (χ0n) is 9.40. The Hall–Kier alpha value is -0.870. The predicted octanol–water partition coefficient (Wildman–Crippen LogP) is 2.95. The van der Waals surface area contributed by atoms with Crippen molar-refractivity contribution in [3.8, 4) is 0 Å². The second kappa shape index (κ2) is 5.88. The Morgan fingerprint density at radius 3 is 2.93 bits per heavy atom. The molecule has 1 unspecified atom stereocenters. The van der Waals surface area contributed by atoms with Crippen molar-refractivity contribution in [2.45, 2.75) is 33.4 Å². The van der Waals surface area contributed by atoms with E-state index in [9.17, 15) is 5.11 Å². The van der Waals surface area contributed by atoms with Crippen molar-refractivity contribution in [2.75, 3.05) is 5.32 Å². The van der Waals surface area contributed by atoms with Gasteiger partial charge in [-0.1, -0.05) is 26.8 Å². The maximum Gasteiger partial charge on any atom is 0.185 e. The fraction of sp³-hybridized carbons (Fsp3) is 0.545. The van der Waals surface area contributed by atoms with Gasteiger partial charge in [0, 0.05) is 5.38 Å².